The van der Waals surface area contributed by atoms with E-state index in [1.165, 1.54) is 0 Å². The standard InChI is InChI=1S/C13H17N3O2S/c1-11-9-15-6-7-16(11)19(17,18)10-13-4-2-12(8-14)3-5-13/h2-5,11,15H,6-7,9-10H2,1H3/t11-/m1/s1. The predicted octanol–water partition coefficient (Wildman–Crippen LogP) is 0.682. The van der Waals surface area contributed by atoms with E-state index < -0.39 is 10.0 Å². The minimum atomic E-state index is -3.29. The lowest BCUT2D eigenvalue weighted by molar-refractivity contribution is 0.283. The normalized spacial score (nSPS) is 20.9. The lowest BCUT2D eigenvalue weighted by atomic mass is 10.2. The van der Waals surface area contributed by atoms with Crippen LogP contribution in [0, 0.1) is 11.3 Å². The molecule has 6 heteroatoms. The molecule has 0 spiro atoms. The van der Waals surface area contributed by atoms with Gasteiger partial charge in [0.05, 0.1) is 17.4 Å². The van der Waals surface area contributed by atoms with Crippen LogP contribution in [0.3, 0.4) is 0 Å². The summed E-state index contributed by atoms with van der Waals surface area (Å²) in [5.74, 6) is -0.0109. The van der Waals surface area contributed by atoms with Crippen LogP contribution in [-0.2, 0) is 15.8 Å². The molecule has 1 aromatic carbocycles. The third-order valence-corrected chi connectivity index (χ3v) is 5.18. The second kappa shape index (κ2) is 5.70. The second-order valence-electron chi connectivity index (χ2n) is 4.73. The van der Waals surface area contributed by atoms with Crippen molar-refractivity contribution in [2.75, 3.05) is 19.6 Å². The highest BCUT2D eigenvalue weighted by Crippen LogP contribution is 2.15. The smallest absolute Gasteiger partial charge is 0.218 e. The number of rotatable bonds is 3. The molecule has 1 heterocycles. The molecule has 1 N–H and O–H groups in total. The first-order chi connectivity index (χ1) is 9.03. The Balaban J connectivity index is 2.14. The van der Waals surface area contributed by atoms with Gasteiger partial charge in [-0.25, -0.2) is 8.42 Å². The van der Waals surface area contributed by atoms with Crippen molar-refractivity contribution in [3.05, 3.63) is 35.4 Å². The molecular weight excluding hydrogens is 262 g/mol. The van der Waals surface area contributed by atoms with Gasteiger partial charge in [0.2, 0.25) is 10.0 Å². The molecule has 1 aliphatic heterocycles. The summed E-state index contributed by atoms with van der Waals surface area (Å²) in [6, 6.07) is 8.69. The molecule has 0 aliphatic carbocycles. The summed E-state index contributed by atoms with van der Waals surface area (Å²) < 4.78 is 26.3. The minimum absolute atomic E-state index is 0.0109. The van der Waals surface area contributed by atoms with Crippen LogP contribution in [0.5, 0.6) is 0 Å². The van der Waals surface area contributed by atoms with Crippen LogP contribution in [-0.4, -0.2) is 38.4 Å². The lowest BCUT2D eigenvalue weighted by Gasteiger charge is -2.32. The molecule has 0 radical (unpaired) electrons. The Bertz CT molecular complexity index is 575. The first-order valence-corrected chi connectivity index (χ1v) is 7.83. The molecule has 102 valence electrons. The van der Waals surface area contributed by atoms with Gasteiger partial charge in [-0.2, -0.15) is 9.57 Å². The zero-order valence-electron chi connectivity index (χ0n) is 10.8. The Labute approximate surface area is 113 Å². The molecule has 2 rings (SSSR count). The molecule has 1 fully saturated rings. The van der Waals surface area contributed by atoms with E-state index in [-0.39, 0.29) is 11.8 Å². The number of benzene rings is 1. The van der Waals surface area contributed by atoms with Crippen molar-refractivity contribution >= 4 is 10.0 Å². The van der Waals surface area contributed by atoms with Crippen molar-refractivity contribution in [2.24, 2.45) is 0 Å². The number of nitrogens with zero attached hydrogens (tertiary/aromatic N) is 2. The molecule has 0 aromatic heterocycles. The van der Waals surface area contributed by atoms with Gasteiger partial charge in [0, 0.05) is 25.7 Å². The van der Waals surface area contributed by atoms with Crippen molar-refractivity contribution in [2.45, 2.75) is 18.7 Å². The fourth-order valence-electron chi connectivity index (χ4n) is 2.20. The summed E-state index contributed by atoms with van der Waals surface area (Å²) in [7, 11) is -3.29. The van der Waals surface area contributed by atoms with Crippen LogP contribution < -0.4 is 5.32 Å². The predicted molar refractivity (Wildman–Crippen MR) is 72.8 cm³/mol. The van der Waals surface area contributed by atoms with E-state index in [9.17, 15) is 8.42 Å². The Hall–Kier alpha value is -1.42. The largest absolute Gasteiger partial charge is 0.314 e. The molecule has 1 atom stereocenters. The summed E-state index contributed by atoms with van der Waals surface area (Å²) in [6.45, 7) is 3.80. The zero-order chi connectivity index (χ0) is 13.9. The fourth-order valence-corrected chi connectivity index (χ4v) is 3.98. The van der Waals surface area contributed by atoms with Gasteiger partial charge in [-0.1, -0.05) is 12.1 Å². The number of sulfonamides is 1. The Kier molecular flexibility index (Phi) is 4.20. The summed E-state index contributed by atoms with van der Waals surface area (Å²) >= 11 is 0. The van der Waals surface area contributed by atoms with Gasteiger partial charge in [-0.05, 0) is 24.6 Å². The summed E-state index contributed by atoms with van der Waals surface area (Å²) in [6.07, 6.45) is 0. The van der Waals surface area contributed by atoms with Crippen molar-refractivity contribution in [1.29, 1.82) is 5.26 Å². The third kappa shape index (κ3) is 3.32. The molecule has 1 saturated heterocycles. The van der Waals surface area contributed by atoms with Crippen molar-refractivity contribution < 1.29 is 8.42 Å². The van der Waals surface area contributed by atoms with Gasteiger partial charge >= 0.3 is 0 Å². The average molecular weight is 279 g/mol. The molecule has 19 heavy (non-hydrogen) atoms. The van der Waals surface area contributed by atoms with Crippen molar-refractivity contribution in [1.82, 2.24) is 9.62 Å². The highest BCUT2D eigenvalue weighted by molar-refractivity contribution is 7.88. The van der Waals surface area contributed by atoms with Gasteiger partial charge in [0.15, 0.2) is 0 Å². The summed E-state index contributed by atoms with van der Waals surface area (Å²) in [4.78, 5) is 0. The lowest BCUT2D eigenvalue weighted by Crippen LogP contribution is -2.52. The highest BCUT2D eigenvalue weighted by Gasteiger charge is 2.29. The topological polar surface area (TPSA) is 73.2 Å². The van der Waals surface area contributed by atoms with E-state index in [0.29, 0.717) is 30.8 Å². The van der Waals surface area contributed by atoms with Crippen LogP contribution >= 0.6 is 0 Å². The molecule has 1 aromatic rings. The number of piperazine rings is 1. The van der Waals surface area contributed by atoms with Gasteiger partial charge < -0.3 is 5.32 Å². The number of hydrogen-bond acceptors (Lipinski definition) is 4. The Morgan fingerprint density at radius 1 is 1.42 bits per heavy atom. The van der Waals surface area contributed by atoms with Crippen LogP contribution in [0.4, 0.5) is 0 Å². The van der Waals surface area contributed by atoms with Gasteiger partial charge in [-0.3, -0.25) is 0 Å². The SMILES string of the molecule is C[C@@H]1CNCCN1S(=O)(=O)Cc1ccc(C#N)cc1. The third-order valence-electron chi connectivity index (χ3n) is 3.23. The molecule has 5 nitrogen and oxygen atoms in total. The van der Waals surface area contributed by atoms with Crippen LogP contribution in [0.25, 0.3) is 0 Å². The van der Waals surface area contributed by atoms with Crippen molar-refractivity contribution in [3.63, 3.8) is 0 Å². The van der Waals surface area contributed by atoms with Gasteiger partial charge in [-0.15, -0.1) is 0 Å². The monoisotopic (exact) mass is 279 g/mol. The molecule has 0 bridgehead atoms. The first kappa shape index (κ1) is 14.0. The fraction of sp³-hybridized carbons (Fsp3) is 0.462. The van der Waals surface area contributed by atoms with Crippen LogP contribution in [0.1, 0.15) is 18.1 Å². The molecule has 1 aliphatic rings. The van der Waals surface area contributed by atoms with Gasteiger partial charge in [0.1, 0.15) is 0 Å². The quantitative estimate of drug-likeness (QED) is 0.883. The van der Waals surface area contributed by atoms with E-state index in [0.717, 1.165) is 0 Å². The molecule has 0 amide bonds. The maximum absolute atomic E-state index is 12.4. The van der Waals surface area contributed by atoms with E-state index in [1.807, 2.05) is 13.0 Å². The average Bonchev–Trinajstić information content (AvgIpc) is 2.39. The summed E-state index contributed by atoms with van der Waals surface area (Å²) in [5.41, 5.74) is 1.25. The summed E-state index contributed by atoms with van der Waals surface area (Å²) in [5, 5.41) is 11.9. The molecule has 0 unspecified atom stereocenters. The van der Waals surface area contributed by atoms with Gasteiger partial charge in [0.25, 0.3) is 0 Å². The number of nitrogens with one attached hydrogen (secondary N) is 1. The van der Waals surface area contributed by atoms with Crippen LogP contribution in [0.15, 0.2) is 24.3 Å². The van der Waals surface area contributed by atoms with Crippen molar-refractivity contribution in [3.8, 4) is 6.07 Å². The van der Waals surface area contributed by atoms with E-state index in [4.69, 9.17) is 5.26 Å². The molecular formula is C13H17N3O2S. The van der Waals surface area contributed by atoms with E-state index >= 15 is 0 Å². The highest BCUT2D eigenvalue weighted by atomic mass is 32.2. The zero-order valence-corrected chi connectivity index (χ0v) is 11.7. The molecule has 0 saturated carbocycles. The van der Waals surface area contributed by atoms with Crippen LogP contribution in [0.2, 0.25) is 0 Å². The van der Waals surface area contributed by atoms with E-state index in [2.05, 4.69) is 5.32 Å². The number of nitriles is 1. The van der Waals surface area contributed by atoms with E-state index in [1.54, 1.807) is 28.6 Å². The Morgan fingerprint density at radius 2 is 2.11 bits per heavy atom. The number of hydrogen-bond donors (Lipinski definition) is 1. The second-order valence-corrected chi connectivity index (χ2v) is 6.65. The minimum Gasteiger partial charge on any atom is -0.314 e. The first-order valence-electron chi connectivity index (χ1n) is 6.22. The Morgan fingerprint density at radius 3 is 2.68 bits per heavy atom. The maximum Gasteiger partial charge on any atom is 0.218 e. The maximum atomic E-state index is 12.4.